The van der Waals surface area contributed by atoms with E-state index in [-0.39, 0.29) is 5.56 Å². The minimum Gasteiger partial charge on any atom is -0.493 e. The molecule has 5 nitrogen and oxygen atoms in total. The number of carbonyl (C=O) groups is 1. The number of methoxy groups -OCH3 is 1. The zero-order valence-electron chi connectivity index (χ0n) is 15.9. The number of anilines is 2. The molecule has 0 saturated heterocycles. The molecule has 0 spiro atoms. The number of hydrogen-bond acceptors (Lipinski definition) is 4. The van der Waals surface area contributed by atoms with E-state index in [1.165, 1.54) is 0 Å². The third-order valence-corrected chi connectivity index (χ3v) is 4.78. The van der Waals surface area contributed by atoms with Gasteiger partial charge in [0.25, 0.3) is 0 Å². The van der Waals surface area contributed by atoms with Crippen LogP contribution in [0.25, 0.3) is 16.8 Å². The van der Waals surface area contributed by atoms with Crippen molar-refractivity contribution < 1.29 is 19.4 Å². The van der Waals surface area contributed by atoms with Gasteiger partial charge in [-0.3, -0.25) is 0 Å². The molecule has 0 aliphatic carbocycles. The highest BCUT2D eigenvalue weighted by Gasteiger charge is 2.26. The van der Waals surface area contributed by atoms with Crippen molar-refractivity contribution in [1.29, 1.82) is 0 Å². The van der Waals surface area contributed by atoms with Gasteiger partial charge in [0, 0.05) is 11.3 Å². The summed E-state index contributed by atoms with van der Waals surface area (Å²) in [5.74, 6) is 0.288. The van der Waals surface area contributed by atoms with Crippen molar-refractivity contribution in [2.75, 3.05) is 12.4 Å². The van der Waals surface area contributed by atoms with Crippen molar-refractivity contribution in [3.63, 3.8) is 0 Å². The molecular formula is C23H21NO4. The summed E-state index contributed by atoms with van der Waals surface area (Å²) in [4.78, 5) is 11.8. The van der Waals surface area contributed by atoms with Gasteiger partial charge in [0.15, 0.2) is 11.5 Å². The van der Waals surface area contributed by atoms with Crippen LogP contribution in [-0.4, -0.2) is 23.8 Å². The molecule has 28 heavy (non-hydrogen) atoms. The molecule has 1 aliphatic rings. The Morgan fingerprint density at radius 3 is 2.46 bits per heavy atom. The maximum atomic E-state index is 11.8. The van der Waals surface area contributed by atoms with E-state index in [4.69, 9.17) is 9.47 Å². The van der Waals surface area contributed by atoms with E-state index in [9.17, 15) is 9.90 Å². The second-order valence-electron chi connectivity index (χ2n) is 7.27. The van der Waals surface area contributed by atoms with Gasteiger partial charge in [-0.25, -0.2) is 4.79 Å². The Bertz CT molecular complexity index is 1120. The van der Waals surface area contributed by atoms with Crippen molar-refractivity contribution in [3.8, 4) is 11.5 Å². The topological polar surface area (TPSA) is 67.8 Å². The fourth-order valence-electron chi connectivity index (χ4n) is 3.37. The SMILES string of the molecule is COc1ccc(Nc2cc3ccccc3cc2C(=O)O)c2c1OC(C)(C)C=C2. The average molecular weight is 375 g/mol. The van der Waals surface area contributed by atoms with Crippen LogP contribution in [0.5, 0.6) is 11.5 Å². The van der Waals surface area contributed by atoms with Crippen LogP contribution in [0.15, 0.2) is 54.6 Å². The van der Waals surface area contributed by atoms with E-state index in [0.717, 1.165) is 22.0 Å². The molecule has 1 heterocycles. The second kappa shape index (κ2) is 6.60. The third kappa shape index (κ3) is 3.16. The zero-order chi connectivity index (χ0) is 19.9. The van der Waals surface area contributed by atoms with Crippen LogP contribution in [0.3, 0.4) is 0 Å². The molecule has 0 unspecified atom stereocenters. The van der Waals surface area contributed by atoms with Crippen LogP contribution < -0.4 is 14.8 Å². The zero-order valence-corrected chi connectivity index (χ0v) is 15.9. The summed E-state index contributed by atoms with van der Waals surface area (Å²) in [7, 11) is 1.60. The summed E-state index contributed by atoms with van der Waals surface area (Å²) in [6.07, 6.45) is 3.95. The number of benzene rings is 3. The molecule has 0 amide bonds. The molecular weight excluding hydrogens is 354 g/mol. The summed E-state index contributed by atoms with van der Waals surface area (Å²) >= 11 is 0. The molecule has 0 fully saturated rings. The fraction of sp³-hybridized carbons (Fsp3) is 0.174. The van der Waals surface area contributed by atoms with Crippen LogP contribution in [0.1, 0.15) is 29.8 Å². The van der Waals surface area contributed by atoms with Gasteiger partial charge >= 0.3 is 5.97 Å². The lowest BCUT2D eigenvalue weighted by atomic mass is 10.00. The number of nitrogens with one attached hydrogen (secondary N) is 1. The standard InChI is InChI=1S/C23H21NO4/c1-23(2)11-10-16-18(8-9-20(27-3)21(16)28-23)24-19-13-15-7-5-4-6-14(15)12-17(19)22(25)26/h4-13,24H,1-3H3,(H,25,26). The van der Waals surface area contributed by atoms with Gasteiger partial charge < -0.3 is 19.9 Å². The number of rotatable bonds is 4. The molecule has 3 aromatic carbocycles. The first-order chi connectivity index (χ1) is 13.4. The lowest BCUT2D eigenvalue weighted by Gasteiger charge is -2.30. The highest BCUT2D eigenvalue weighted by Crippen LogP contribution is 2.43. The average Bonchev–Trinajstić information content (AvgIpc) is 2.66. The smallest absolute Gasteiger partial charge is 0.337 e. The van der Waals surface area contributed by atoms with Crippen LogP contribution in [0, 0.1) is 0 Å². The quantitative estimate of drug-likeness (QED) is 0.632. The maximum absolute atomic E-state index is 11.8. The van der Waals surface area contributed by atoms with Gasteiger partial charge in [-0.05, 0) is 61.0 Å². The van der Waals surface area contributed by atoms with Crippen molar-refractivity contribution in [3.05, 3.63) is 65.7 Å². The highest BCUT2D eigenvalue weighted by atomic mass is 16.5. The molecule has 142 valence electrons. The normalized spacial score (nSPS) is 14.2. The molecule has 3 aromatic rings. The molecule has 0 bridgehead atoms. The lowest BCUT2D eigenvalue weighted by molar-refractivity contribution is 0.0698. The predicted molar refractivity (Wildman–Crippen MR) is 111 cm³/mol. The molecule has 2 N–H and O–H groups in total. The van der Waals surface area contributed by atoms with Gasteiger partial charge in [-0.1, -0.05) is 24.3 Å². The van der Waals surface area contributed by atoms with Gasteiger partial charge in [0.05, 0.1) is 18.4 Å². The monoisotopic (exact) mass is 375 g/mol. The molecule has 1 aliphatic heterocycles. The number of ether oxygens (including phenoxy) is 2. The maximum Gasteiger partial charge on any atom is 0.337 e. The summed E-state index contributed by atoms with van der Waals surface area (Å²) in [6, 6.07) is 14.9. The first kappa shape index (κ1) is 17.9. The van der Waals surface area contributed by atoms with Crippen LogP contribution in [0.4, 0.5) is 11.4 Å². The summed E-state index contributed by atoms with van der Waals surface area (Å²) in [5, 5.41) is 14.8. The number of aromatic carboxylic acids is 1. The molecule has 4 rings (SSSR count). The van der Waals surface area contributed by atoms with Crippen molar-refractivity contribution in [2.45, 2.75) is 19.4 Å². The first-order valence-electron chi connectivity index (χ1n) is 9.00. The number of carboxylic acid groups (broad SMARTS) is 1. The van der Waals surface area contributed by atoms with Gasteiger partial charge in [-0.15, -0.1) is 0 Å². The Morgan fingerprint density at radius 2 is 1.79 bits per heavy atom. The van der Waals surface area contributed by atoms with Crippen molar-refractivity contribution in [1.82, 2.24) is 0 Å². The lowest BCUT2D eigenvalue weighted by Crippen LogP contribution is -2.28. The van der Waals surface area contributed by atoms with E-state index in [1.54, 1.807) is 13.2 Å². The first-order valence-corrected chi connectivity index (χ1v) is 9.00. The molecule has 0 atom stereocenters. The second-order valence-corrected chi connectivity index (χ2v) is 7.27. The van der Waals surface area contributed by atoms with Crippen LogP contribution >= 0.6 is 0 Å². The number of carboxylic acids is 1. The number of fused-ring (bicyclic) bond motifs is 2. The van der Waals surface area contributed by atoms with Crippen molar-refractivity contribution in [2.24, 2.45) is 0 Å². The van der Waals surface area contributed by atoms with E-state index >= 15 is 0 Å². The third-order valence-electron chi connectivity index (χ3n) is 4.78. The Morgan fingerprint density at radius 1 is 1.07 bits per heavy atom. The van der Waals surface area contributed by atoms with Crippen LogP contribution in [0.2, 0.25) is 0 Å². The van der Waals surface area contributed by atoms with Gasteiger partial charge in [0.1, 0.15) is 5.60 Å². The number of hydrogen-bond donors (Lipinski definition) is 2. The molecule has 5 heteroatoms. The Balaban J connectivity index is 1.84. The Labute approximate surface area is 163 Å². The minimum absolute atomic E-state index is 0.212. The fourth-order valence-corrected chi connectivity index (χ4v) is 3.37. The molecule has 0 saturated carbocycles. The Kier molecular flexibility index (Phi) is 4.23. The summed E-state index contributed by atoms with van der Waals surface area (Å²) in [6.45, 7) is 3.94. The van der Waals surface area contributed by atoms with Gasteiger partial charge in [-0.2, -0.15) is 0 Å². The van der Waals surface area contributed by atoms with Crippen LogP contribution in [-0.2, 0) is 0 Å². The predicted octanol–water partition coefficient (Wildman–Crippen LogP) is 5.47. The van der Waals surface area contributed by atoms with E-state index in [1.807, 2.05) is 68.5 Å². The Hall–Kier alpha value is -3.47. The van der Waals surface area contributed by atoms with E-state index in [0.29, 0.717) is 17.2 Å². The largest absolute Gasteiger partial charge is 0.493 e. The van der Waals surface area contributed by atoms with E-state index in [2.05, 4.69) is 5.32 Å². The summed E-state index contributed by atoms with van der Waals surface area (Å²) in [5.41, 5.74) is 1.86. The summed E-state index contributed by atoms with van der Waals surface area (Å²) < 4.78 is 11.5. The van der Waals surface area contributed by atoms with Gasteiger partial charge in [0.2, 0.25) is 0 Å². The molecule has 0 aromatic heterocycles. The van der Waals surface area contributed by atoms with Crippen molar-refractivity contribution >= 4 is 34.2 Å². The minimum atomic E-state index is -0.983. The molecule has 0 radical (unpaired) electrons. The van der Waals surface area contributed by atoms with E-state index < -0.39 is 11.6 Å². The highest BCUT2D eigenvalue weighted by molar-refractivity contribution is 6.02.